The molecular weight excluding hydrogens is 161 g/mol. The number of fused-ring (bicyclic) bond motifs is 2. The van der Waals surface area contributed by atoms with E-state index in [-0.39, 0.29) is 5.66 Å². The van der Waals surface area contributed by atoms with Crippen molar-refractivity contribution < 1.29 is 9.46 Å². The van der Waals surface area contributed by atoms with Gasteiger partial charge in [-0.3, -0.25) is 10.1 Å². The van der Waals surface area contributed by atoms with Crippen molar-refractivity contribution >= 4 is 7.52 Å². The van der Waals surface area contributed by atoms with E-state index in [1.165, 1.54) is 6.42 Å². The number of hydrogen-bond donors (Lipinski definition) is 2. The second kappa shape index (κ2) is 2.32. The summed E-state index contributed by atoms with van der Waals surface area (Å²) in [6.45, 7) is 0. The highest BCUT2D eigenvalue weighted by Gasteiger charge is 2.46. The highest BCUT2D eigenvalue weighted by molar-refractivity contribution is 7.56. The Morgan fingerprint density at radius 2 is 2.09 bits per heavy atom. The van der Waals surface area contributed by atoms with Gasteiger partial charge in [0.15, 0.2) is 0 Å². The number of rotatable bonds is 1. The lowest BCUT2D eigenvalue weighted by Gasteiger charge is -2.23. The third-order valence-corrected chi connectivity index (χ3v) is 4.76. The lowest BCUT2D eigenvalue weighted by atomic mass is 10.0. The SMILES string of the molecule is NP(=O)(O)C1CC2CCC1C2. The van der Waals surface area contributed by atoms with Gasteiger partial charge in [0, 0.05) is 0 Å². The molecule has 2 bridgehead atoms. The van der Waals surface area contributed by atoms with E-state index in [1.54, 1.807) is 0 Å². The van der Waals surface area contributed by atoms with Crippen molar-refractivity contribution in [1.82, 2.24) is 0 Å². The number of hydrogen-bond acceptors (Lipinski definition) is 1. The molecule has 0 aliphatic heterocycles. The smallest absolute Gasteiger partial charge is 0.267 e. The summed E-state index contributed by atoms with van der Waals surface area (Å²) < 4.78 is 11.1. The molecule has 4 unspecified atom stereocenters. The van der Waals surface area contributed by atoms with E-state index in [9.17, 15) is 9.46 Å². The molecule has 0 spiro atoms. The largest absolute Gasteiger partial charge is 0.333 e. The van der Waals surface area contributed by atoms with Gasteiger partial charge < -0.3 is 4.89 Å². The summed E-state index contributed by atoms with van der Waals surface area (Å²) in [5, 5.41) is 0. The van der Waals surface area contributed by atoms with Crippen LogP contribution in [0.4, 0.5) is 0 Å². The third kappa shape index (κ3) is 1.26. The van der Waals surface area contributed by atoms with Crippen molar-refractivity contribution in [2.45, 2.75) is 31.3 Å². The molecule has 2 rings (SSSR count). The molecule has 0 aromatic heterocycles. The van der Waals surface area contributed by atoms with Crippen molar-refractivity contribution in [2.24, 2.45) is 17.3 Å². The van der Waals surface area contributed by atoms with Crippen LogP contribution in [-0.2, 0) is 4.57 Å². The van der Waals surface area contributed by atoms with E-state index < -0.39 is 7.52 Å². The summed E-state index contributed by atoms with van der Waals surface area (Å²) in [5.74, 6) is 1.16. The monoisotopic (exact) mass is 175 g/mol. The Kier molecular flexibility index (Phi) is 1.64. The van der Waals surface area contributed by atoms with Gasteiger partial charge in [-0.25, -0.2) is 0 Å². The molecule has 4 atom stereocenters. The Morgan fingerprint density at radius 1 is 1.36 bits per heavy atom. The van der Waals surface area contributed by atoms with E-state index in [1.807, 2.05) is 0 Å². The number of nitrogens with two attached hydrogens (primary N) is 1. The summed E-state index contributed by atoms with van der Waals surface area (Å²) in [4.78, 5) is 9.17. The van der Waals surface area contributed by atoms with Gasteiger partial charge in [-0.05, 0) is 31.1 Å². The van der Waals surface area contributed by atoms with Crippen LogP contribution < -0.4 is 5.50 Å². The average Bonchev–Trinajstić information content (AvgIpc) is 2.42. The van der Waals surface area contributed by atoms with Gasteiger partial charge >= 0.3 is 0 Å². The molecule has 2 saturated carbocycles. The molecule has 0 amide bonds. The van der Waals surface area contributed by atoms with Gasteiger partial charge in [0.1, 0.15) is 0 Å². The van der Waals surface area contributed by atoms with Gasteiger partial charge in [0.05, 0.1) is 5.66 Å². The Labute approximate surface area is 66.5 Å². The minimum Gasteiger partial charge on any atom is -0.333 e. The maximum atomic E-state index is 11.1. The molecule has 3 N–H and O–H groups in total. The molecule has 0 heterocycles. The second-order valence-corrected chi connectivity index (χ2v) is 5.92. The zero-order chi connectivity index (χ0) is 8.06. The van der Waals surface area contributed by atoms with Crippen molar-refractivity contribution in [3.8, 4) is 0 Å². The van der Waals surface area contributed by atoms with Gasteiger partial charge in [0.25, 0.3) is 7.52 Å². The van der Waals surface area contributed by atoms with Crippen LogP contribution in [0.5, 0.6) is 0 Å². The molecule has 0 aromatic rings. The first-order valence-electron chi connectivity index (χ1n) is 4.18. The fourth-order valence-electron chi connectivity index (χ4n) is 2.66. The van der Waals surface area contributed by atoms with E-state index in [0.717, 1.165) is 19.3 Å². The van der Waals surface area contributed by atoms with Crippen LogP contribution in [-0.4, -0.2) is 10.6 Å². The molecule has 64 valence electrons. The summed E-state index contributed by atoms with van der Waals surface area (Å²) in [5.41, 5.74) is 5.17. The fraction of sp³-hybridized carbons (Fsp3) is 1.00. The topological polar surface area (TPSA) is 63.3 Å². The molecule has 3 nitrogen and oxygen atoms in total. The zero-order valence-corrected chi connectivity index (χ0v) is 7.33. The Balaban J connectivity index is 2.14. The normalized spacial score (nSPS) is 47.6. The van der Waals surface area contributed by atoms with Crippen LogP contribution in [0.15, 0.2) is 0 Å². The quantitative estimate of drug-likeness (QED) is 0.591. The van der Waals surface area contributed by atoms with E-state index >= 15 is 0 Å². The molecule has 2 aliphatic carbocycles. The maximum absolute atomic E-state index is 11.1. The van der Waals surface area contributed by atoms with E-state index in [2.05, 4.69) is 0 Å². The predicted octanol–water partition coefficient (Wildman–Crippen LogP) is 1.32. The van der Waals surface area contributed by atoms with Crippen LogP contribution in [0.3, 0.4) is 0 Å². The maximum Gasteiger partial charge on any atom is 0.267 e. The first-order chi connectivity index (χ1) is 5.07. The van der Waals surface area contributed by atoms with Crippen LogP contribution in [0, 0.1) is 11.8 Å². The molecule has 11 heavy (non-hydrogen) atoms. The molecule has 2 aliphatic rings. The molecule has 0 aromatic carbocycles. The third-order valence-electron chi connectivity index (χ3n) is 3.18. The molecule has 4 heteroatoms. The summed E-state index contributed by atoms with van der Waals surface area (Å²) in [7, 11) is -3.26. The van der Waals surface area contributed by atoms with Crippen LogP contribution >= 0.6 is 7.52 Å². The first-order valence-corrected chi connectivity index (χ1v) is 5.98. The highest BCUT2D eigenvalue weighted by Crippen LogP contribution is 2.57. The van der Waals surface area contributed by atoms with Gasteiger partial charge in [-0.15, -0.1) is 0 Å². The average molecular weight is 175 g/mol. The molecule has 2 fully saturated rings. The van der Waals surface area contributed by atoms with Gasteiger partial charge in [0.2, 0.25) is 0 Å². The zero-order valence-electron chi connectivity index (χ0n) is 6.44. The minimum atomic E-state index is -3.26. The lowest BCUT2D eigenvalue weighted by Crippen LogP contribution is -2.20. The fourth-order valence-corrected chi connectivity index (χ4v) is 4.14. The van der Waals surface area contributed by atoms with Crippen LogP contribution in [0.25, 0.3) is 0 Å². The summed E-state index contributed by atoms with van der Waals surface area (Å²) >= 11 is 0. The standard InChI is InChI=1S/C7H14NO2P/c8-11(9,10)7-4-5-1-2-6(7)3-5/h5-7H,1-4H2,(H3,8,9,10). The Hall–Kier alpha value is 0.150. The summed E-state index contributed by atoms with van der Waals surface area (Å²) in [6.07, 6.45) is 4.42. The minimum absolute atomic E-state index is 0.0683. The highest BCUT2D eigenvalue weighted by atomic mass is 31.2. The first kappa shape index (κ1) is 7.78. The van der Waals surface area contributed by atoms with E-state index in [0.29, 0.717) is 11.8 Å². The van der Waals surface area contributed by atoms with Crippen molar-refractivity contribution in [2.75, 3.05) is 0 Å². The van der Waals surface area contributed by atoms with Gasteiger partial charge in [-0.1, -0.05) is 6.42 Å². The van der Waals surface area contributed by atoms with Crippen LogP contribution in [0.2, 0.25) is 0 Å². The van der Waals surface area contributed by atoms with Gasteiger partial charge in [-0.2, -0.15) is 0 Å². The van der Waals surface area contributed by atoms with Crippen molar-refractivity contribution in [1.29, 1.82) is 0 Å². The van der Waals surface area contributed by atoms with E-state index in [4.69, 9.17) is 5.50 Å². The lowest BCUT2D eigenvalue weighted by molar-refractivity contribution is 0.411. The molecular formula is C7H14NO2P. The molecule has 0 saturated heterocycles. The van der Waals surface area contributed by atoms with Crippen molar-refractivity contribution in [3.05, 3.63) is 0 Å². The Morgan fingerprint density at radius 3 is 2.36 bits per heavy atom. The predicted molar refractivity (Wildman–Crippen MR) is 43.2 cm³/mol. The Bertz CT molecular complexity index is 212. The second-order valence-electron chi connectivity index (χ2n) is 3.91. The molecule has 0 radical (unpaired) electrons. The van der Waals surface area contributed by atoms with Crippen LogP contribution in [0.1, 0.15) is 25.7 Å². The summed E-state index contributed by atoms with van der Waals surface area (Å²) in [6, 6.07) is 0. The van der Waals surface area contributed by atoms with Crippen molar-refractivity contribution in [3.63, 3.8) is 0 Å².